The lowest BCUT2D eigenvalue weighted by Crippen LogP contribution is -2.48. The molecule has 1 aliphatic carbocycles. The lowest BCUT2D eigenvalue weighted by Gasteiger charge is -2.30. The zero-order chi connectivity index (χ0) is 29.2. The Hall–Kier alpha value is -2.84. The third-order valence-electron chi connectivity index (χ3n) is 8.51. The van der Waals surface area contributed by atoms with Gasteiger partial charge in [0.2, 0.25) is 5.91 Å². The van der Waals surface area contributed by atoms with Crippen molar-refractivity contribution in [1.29, 1.82) is 0 Å². The number of rotatable bonds is 10. The molecule has 222 valence electrons. The molecule has 3 aromatic carbocycles. The summed E-state index contributed by atoms with van der Waals surface area (Å²) in [6, 6.07) is 17.0. The highest BCUT2D eigenvalue weighted by atomic mass is 35.5. The third kappa shape index (κ3) is 6.86. The Labute approximate surface area is 256 Å². The van der Waals surface area contributed by atoms with E-state index in [1.807, 2.05) is 30.3 Å². The van der Waals surface area contributed by atoms with Crippen molar-refractivity contribution in [2.75, 3.05) is 37.6 Å². The van der Waals surface area contributed by atoms with Crippen LogP contribution in [0, 0.1) is 11.7 Å². The van der Waals surface area contributed by atoms with Gasteiger partial charge in [0.15, 0.2) is 0 Å². The van der Waals surface area contributed by atoms with Crippen molar-refractivity contribution in [3.05, 3.63) is 82.1 Å². The number of carbonyl (C=O) groups excluding carboxylic acids is 1. The minimum absolute atomic E-state index is 0.0618. The van der Waals surface area contributed by atoms with E-state index in [-0.39, 0.29) is 23.7 Å². The smallest absolute Gasteiger partial charge is 0.225 e. The van der Waals surface area contributed by atoms with Gasteiger partial charge in [0.05, 0.1) is 23.1 Å². The standard InChI is InChI=1S/C33H36Cl2FN3O3/c34-28-11-8-25(18-27(28)21-3-6-24(36)7-4-21)39-16-13-23(19-39)33(41)37-30(20-38-14-1-2-15-38)32(40)22-5-12-31(29(35)17-22)42-26-9-10-26/h3-8,11-12,17-18,23,26,30,32,40H,1-2,9-10,13-16,19-20H2,(H,37,41)/t23-,30-,32-/m1/s1. The number of carbonyl (C=O) groups is 1. The topological polar surface area (TPSA) is 65.0 Å². The molecule has 3 atom stereocenters. The molecule has 0 aromatic heterocycles. The van der Waals surface area contributed by atoms with Crippen LogP contribution in [0.5, 0.6) is 5.75 Å². The number of amides is 1. The molecular weight excluding hydrogens is 576 g/mol. The number of halogens is 3. The summed E-state index contributed by atoms with van der Waals surface area (Å²) < 4.78 is 19.3. The van der Waals surface area contributed by atoms with Crippen molar-refractivity contribution in [3.8, 4) is 16.9 Å². The first-order valence-electron chi connectivity index (χ1n) is 14.8. The first-order chi connectivity index (χ1) is 20.3. The second kappa shape index (κ2) is 12.8. The fourth-order valence-electron chi connectivity index (χ4n) is 5.93. The summed E-state index contributed by atoms with van der Waals surface area (Å²) in [7, 11) is 0. The van der Waals surface area contributed by atoms with E-state index in [0.717, 1.165) is 62.1 Å². The molecule has 0 unspecified atom stereocenters. The summed E-state index contributed by atoms with van der Waals surface area (Å²) in [4.78, 5) is 18.1. The molecule has 9 heteroatoms. The molecule has 3 fully saturated rings. The summed E-state index contributed by atoms with van der Waals surface area (Å²) in [5.74, 6) is 0.0516. The van der Waals surface area contributed by atoms with Crippen LogP contribution in [0.2, 0.25) is 10.0 Å². The largest absolute Gasteiger partial charge is 0.489 e. The van der Waals surface area contributed by atoms with Crippen molar-refractivity contribution in [3.63, 3.8) is 0 Å². The number of anilines is 1. The molecule has 0 radical (unpaired) electrons. The van der Waals surface area contributed by atoms with Crippen molar-refractivity contribution < 1.29 is 19.0 Å². The van der Waals surface area contributed by atoms with Gasteiger partial charge >= 0.3 is 0 Å². The van der Waals surface area contributed by atoms with Gasteiger partial charge in [-0.05, 0) is 98.8 Å². The Bertz CT molecular complexity index is 1410. The number of aliphatic hydroxyl groups is 1. The van der Waals surface area contributed by atoms with E-state index in [1.165, 1.54) is 12.1 Å². The van der Waals surface area contributed by atoms with E-state index < -0.39 is 12.1 Å². The molecule has 2 aliphatic heterocycles. The Morgan fingerprint density at radius 1 is 0.976 bits per heavy atom. The molecule has 6 nitrogen and oxygen atoms in total. The maximum atomic E-state index is 13.6. The lowest BCUT2D eigenvalue weighted by atomic mass is 10.00. The minimum Gasteiger partial charge on any atom is -0.489 e. The summed E-state index contributed by atoms with van der Waals surface area (Å²) in [6.07, 6.45) is 4.34. The molecule has 3 aromatic rings. The number of nitrogens with zero attached hydrogens (tertiary/aromatic N) is 2. The van der Waals surface area contributed by atoms with Crippen LogP contribution in [0.4, 0.5) is 10.1 Å². The first kappa shape index (κ1) is 29.2. The van der Waals surface area contributed by atoms with E-state index in [1.54, 1.807) is 18.2 Å². The summed E-state index contributed by atoms with van der Waals surface area (Å²) in [5.41, 5.74) is 3.28. The van der Waals surface area contributed by atoms with Crippen molar-refractivity contribution in [1.82, 2.24) is 10.2 Å². The fourth-order valence-corrected chi connectivity index (χ4v) is 6.39. The van der Waals surface area contributed by atoms with Gasteiger partial charge in [-0.1, -0.05) is 41.4 Å². The van der Waals surface area contributed by atoms with Crippen LogP contribution in [-0.2, 0) is 4.79 Å². The van der Waals surface area contributed by atoms with Gasteiger partial charge < -0.3 is 25.0 Å². The van der Waals surface area contributed by atoms with Gasteiger partial charge in [-0.15, -0.1) is 0 Å². The summed E-state index contributed by atoms with van der Waals surface area (Å²) in [5, 5.41) is 15.7. The number of hydrogen-bond acceptors (Lipinski definition) is 5. The molecule has 42 heavy (non-hydrogen) atoms. The first-order valence-corrected chi connectivity index (χ1v) is 15.6. The highest BCUT2D eigenvalue weighted by Gasteiger charge is 2.33. The SMILES string of the molecule is O=C(N[C@H](CN1CCCC1)[C@H](O)c1ccc(OC2CC2)c(Cl)c1)[C@@H]1CCN(c2ccc(Cl)c(-c3ccc(F)cc3)c2)C1. The van der Waals surface area contributed by atoms with Gasteiger partial charge in [-0.3, -0.25) is 4.79 Å². The van der Waals surface area contributed by atoms with Crippen LogP contribution in [0.25, 0.3) is 11.1 Å². The van der Waals surface area contributed by atoms with Crippen LogP contribution in [0.3, 0.4) is 0 Å². The Morgan fingerprint density at radius 2 is 1.74 bits per heavy atom. The number of benzene rings is 3. The molecule has 6 rings (SSSR count). The minimum atomic E-state index is -0.908. The Morgan fingerprint density at radius 3 is 2.45 bits per heavy atom. The second-order valence-corrected chi connectivity index (χ2v) is 12.5. The van der Waals surface area contributed by atoms with E-state index >= 15 is 0 Å². The van der Waals surface area contributed by atoms with Gasteiger partial charge in [-0.2, -0.15) is 0 Å². The average molecular weight is 613 g/mol. The number of aliphatic hydroxyl groups excluding tert-OH is 1. The molecule has 2 saturated heterocycles. The zero-order valence-electron chi connectivity index (χ0n) is 23.4. The third-order valence-corrected chi connectivity index (χ3v) is 9.13. The van der Waals surface area contributed by atoms with Gasteiger partial charge in [0.1, 0.15) is 17.7 Å². The number of ether oxygens (including phenoxy) is 1. The molecule has 1 amide bonds. The van der Waals surface area contributed by atoms with Gasteiger partial charge in [0.25, 0.3) is 0 Å². The van der Waals surface area contributed by atoms with E-state index in [0.29, 0.717) is 40.9 Å². The van der Waals surface area contributed by atoms with Crippen molar-refractivity contribution in [2.24, 2.45) is 5.92 Å². The quantitative estimate of drug-likeness (QED) is 0.275. The Kier molecular flexibility index (Phi) is 8.91. The predicted octanol–water partition coefficient (Wildman–Crippen LogP) is 6.48. The molecule has 3 aliphatic rings. The van der Waals surface area contributed by atoms with Crippen LogP contribution in [-0.4, -0.2) is 60.8 Å². The molecule has 0 bridgehead atoms. The van der Waals surface area contributed by atoms with Crippen LogP contribution in [0.1, 0.15) is 43.8 Å². The second-order valence-electron chi connectivity index (χ2n) is 11.7. The van der Waals surface area contributed by atoms with Gasteiger partial charge in [0, 0.05) is 35.9 Å². The molecule has 2 N–H and O–H groups in total. The number of hydrogen-bond donors (Lipinski definition) is 2. The van der Waals surface area contributed by atoms with Crippen LogP contribution < -0.4 is 15.0 Å². The molecule has 2 heterocycles. The van der Waals surface area contributed by atoms with Crippen LogP contribution >= 0.6 is 23.2 Å². The molecule has 1 saturated carbocycles. The molecular formula is C33H36Cl2FN3O3. The lowest BCUT2D eigenvalue weighted by molar-refractivity contribution is -0.126. The number of likely N-dealkylation sites (tertiary alicyclic amines) is 1. The Balaban J connectivity index is 1.14. The fraction of sp³-hybridized carbons (Fsp3) is 0.424. The highest BCUT2D eigenvalue weighted by Crippen LogP contribution is 2.36. The summed E-state index contributed by atoms with van der Waals surface area (Å²) in [6.45, 7) is 3.76. The maximum absolute atomic E-state index is 13.6. The normalized spacial score (nSPS) is 20.5. The highest BCUT2D eigenvalue weighted by molar-refractivity contribution is 6.33. The monoisotopic (exact) mass is 611 g/mol. The zero-order valence-corrected chi connectivity index (χ0v) is 25.0. The number of nitrogens with one attached hydrogen (secondary N) is 1. The average Bonchev–Trinajstić information content (AvgIpc) is 3.41. The van der Waals surface area contributed by atoms with E-state index in [4.69, 9.17) is 27.9 Å². The van der Waals surface area contributed by atoms with E-state index in [2.05, 4.69) is 15.1 Å². The maximum Gasteiger partial charge on any atom is 0.225 e. The van der Waals surface area contributed by atoms with Crippen LogP contribution in [0.15, 0.2) is 60.7 Å². The van der Waals surface area contributed by atoms with Crippen molar-refractivity contribution >= 4 is 34.8 Å². The predicted molar refractivity (Wildman–Crippen MR) is 165 cm³/mol. The van der Waals surface area contributed by atoms with Crippen molar-refractivity contribution in [2.45, 2.75) is 50.4 Å². The summed E-state index contributed by atoms with van der Waals surface area (Å²) >= 11 is 13.0. The molecule has 0 spiro atoms. The van der Waals surface area contributed by atoms with E-state index in [9.17, 15) is 14.3 Å². The van der Waals surface area contributed by atoms with Gasteiger partial charge in [-0.25, -0.2) is 4.39 Å².